The van der Waals surface area contributed by atoms with E-state index in [1.807, 2.05) is 0 Å². The molecule has 0 saturated carbocycles. The van der Waals surface area contributed by atoms with Gasteiger partial charge in [0.2, 0.25) is 5.91 Å². The van der Waals surface area contributed by atoms with E-state index in [1.54, 1.807) is 0 Å². The quantitative estimate of drug-likeness (QED) is 0.809. The average Bonchev–Trinajstić information content (AvgIpc) is 2.80. The minimum Gasteiger partial charge on any atom is -0.369 e. The van der Waals surface area contributed by atoms with Crippen LogP contribution in [0.4, 0.5) is 11.4 Å². The van der Waals surface area contributed by atoms with Crippen molar-refractivity contribution in [2.45, 2.75) is 52.6 Å². The zero-order valence-corrected chi connectivity index (χ0v) is 13.6. The first-order chi connectivity index (χ1) is 10.1. The Hall–Kier alpha value is -1.55. The lowest BCUT2D eigenvalue weighted by Gasteiger charge is -2.30. The summed E-state index contributed by atoms with van der Waals surface area (Å²) in [6, 6.07) is 6.62. The van der Waals surface area contributed by atoms with E-state index in [-0.39, 0.29) is 11.9 Å². The summed E-state index contributed by atoms with van der Waals surface area (Å²) < 4.78 is 0. The van der Waals surface area contributed by atoms with Crippen LogP contribution in [0.15, 0.2) is 18.2 Å². The van der Waals surface area contributed by atoms with Gasteiger partial charge in [-0.1, -0.05) is 19.9 Å². The van der Waals surface area contributed by atoms with Crippen LogP contribution in [0.3, 0.4) is 0 Å². The first-order valence-corrected chi connectivity index (χ1v) is 8.07. The predicted molar refractivity (Wildman–Crippen MR) is 88.9 cm³/mol. The molecule has 2 N–H and O–H groups in total. The van der Waals surface area contributed by atoms with Crippen LogP contribution in [0, 0.1) is 0 Å². The van der Waals surface area contributed by atoms with Crippen molar-refractivity contribution in [3.05, 3.63) is 23.8 Å². The molecular weight excluding hydrogens is 262 g/mol. The molecule has 4 heteroatoms. The smallest absolute Gasteiger partial charge is 0.246 e. The molecule has 1 aromatic rings. The highest BCUT2D eigenvalue weighted by Crippen LogP contribution is 2.34. The van der Waals surface area contributed by atoms with Gasteiger partial charge in [-0.3, -0.25) is 4.79 Å². The number of nitrogens with one attached hydrogen (secondary N) is 2. The van der Waals surface area contributed by atoms with Gasteiger partial charge < -0.3 is 15.5 Å². The first-order valence-electron chi connectivity index (χ1n) is 8.07. The minimum atomic E-state index is -0.201. The van der Waals surface area contributed by atoms with Gasteiger partial charge >= 0.3 is 0 Å². The van der Waals surface area contributed by atoms with E-state index >= 15 is 0 Å². The topological polar surface area (TPSA) is 44.4 Å². The number of hydrogen-bond acceptors (Lipinski definition) is 3. The number of rotatable bonds is 7. The number of fused-ring (bicyclic) bond motifs is 1. The normalized spacial score (nSPS) is 18.3. The summed E-state index contributed by atoms with van der Waals surface area (Å²) in [5.41, 5.74) is 3.20. The molecule has 0 radical (unpaired) electrons. The molecule has 116 valence electrons. The van der Waals surface area contributed by atoms with Gasteiger partial charge in [0.05, 0.1) is 0 Å². The van der Waals surface area contributed by atoms with E-state index in [4.69, 9.17) is 0 Å². The van der Waals surface area contributed by atoms with Crippen LogP contribution in [-0.2, 0) is 4.79 Å². The van der Waals surface area contributed by atoms with E-state index < -0.39 is 0 Å². The van der Waals surface area contributed by atoms with Crippen LogP contribution in [0.1, 0.15) is 52.1 Å². The number of nitrogens with zero attached hydrogens (tertiary/aromatic N) is 1. The molecule has 1 aromatic carbocycles. The van der Waals surface area contributed by atoms with Gasteiger partial charge in [-0.05, 0) is 45.4 Å². The number of amides is 1. The second kappa shape index (κ2) is 6.94. The van der Waals surface area contributed by atoms with E-state index in [0.717, 1.165) is 37.2 Å². The molecule has 21 heavy (non-hydrogen) atoms. The maximum Gasteiger partial charge on any atom is 0.246 e. The number of carbonyl (C=O) groups excluding carboxylic acids is 1. The van der Waals surface area contributed by atoms with Crippen LogP contribution in [0.5, 0.6) is 0 Å². The SMILES string of the molecule is CCCNC1C(=O)Nc2cc(N(CC)C(C)CC)ccc21. The summed E-state index contributed by atoms with van der Waals surface area (Å²) in [5, 5.41) is 6.31. The highest BCUT2D eigenvalue weighted by Gasteiger charge is 2.30. The number of anilines is 2. The Morgan fingerprint density at radius 1 is 1.33 bits per heavy atom. The Balaban J connectivity index is 2.25. The lowest BCUT2D eigenvalue weighted by molar-refractivity contribution is -0.117. The fourth-order valence-corrected chi connectivity index (χ4v) is 2.89. The summed E-state index contributed by atoms with van der Waals surface area (Å²) in [5.74, 6) is 0.0576. The predicted octanol–water partition coefficient (Wildman–Crippen LogP) is 3.30. The largest absolute Gasteiger partial charge is 0.369 e. The van der Waals surface area contributed by atoms with Crippen molar-refractivity contribution in [2.24, 2.45) is 0 Å². The van der Waals surface area contributed by atoms with Crippen LogP contribution < -0.4 is 15.5 Å². The first kappa shape index (κ1) is 15.8. The van der Waals surface area contributed by atoms with Crippen LogP contribution in [-0.4, -0.2) is 25.0 Å². The monoisotopic (exact) mass is 289 g/mol. The lowest BCUT2D eigenvalue weighted by Crippen LogP contribution is -2.32. The van der Waals surface area contributed by atoms with Gasteiger partial charge in [0.15, 0.2) is 0 Å². The second-order valence-electron chi connectivity index (χ2n) is 5.69. The molecule has 0 fully saturated rings. The van der Waals surface area contributed by atoms with Gasteiger partial charge in [0.25, 0.3) is 0 Å². The van der Waals surface area contributed by atoms with Crippen LogP contribution in [0.25, 0.3) is 0 Å². The van der Waals surface area contributed by atoms with Gasteiger partial charge in [-0.2, -0.15) is 0 Å². The van der Waals surface area contributed by atoms with E-state index in [9.17, 15) is 4.79 Å². The maximum atomic E-state index is 12.1. The molecule has 0 spiro atoms. The summed E-state index contributed by atoms with van der Waals surface area (Å²) in [6.07, 6.45) is 2.13. The molecule has 0 bridgehead atoms. The van der Waals surface area contributed by atoms with Crippen LogP contribution >= 0.6 is 0 Å². The second-order valence-corrected chi connectivity index (χ2v) is 5.69. The van der Waals surface area contributed by atoms with Crippen molar-refractivity contribution in [2.75, 3.05) is 23.3 Å². The van der Waals surface area contributed by atoms with E-state index in [1.165, 1.54) is 5.69 Å². The Kier molecular flexibility index (Phi) is 5.23. The Bertz CT molecular complexity index is 501. The third kappa shape index (κ3) is 3.21. The summed E-state index contributed by atoms with van der Waals surface area (Å²) >= 11 is 0. The molecule has 1 aliphatic heterocycles. The van der Waals surface area contributed by atoms with Gasteiger partial charge in [0, 0.05) is 29.5 Å². The van der Waals surface area contributed by atoms with Gasteiger partial charge in [-0.25, -0.2) is 0 Å². The molecule has 0 aromatic heterocycles. The van der Waals surface area contributed by atoms with E-state index in [0.29, 0.717) is 6.04 Å². The zero-order valence-electron chi connectivity index (χ0n) is 13.6. The molecule has 0 aliphatic carbocycles. The molecule has 0 saturated heterocycles. The van der Waals surface area contributed by atoms with Crippen molar-refractivity contribution in [3.8, 4) is 0 Å². The Morgan fingerprint density at radius 3 is 2.71 bits per heavy atom. The molecule has 2 atom stereocenters. The van der Waals surface area contributed by atoms with Crippen molar-refractivity contribution in [1.29, 1.82) is 0 Å². The van der Waals surface area contributed by atoms with Crippen LogP contribution in [0.2, 0.25) is 0 Å². The van der Waals surface area contributed by atoms with Crippen molar-refractivity contribution < 1.29 is 4.79 Å². The van der Waals surface area contributed by atoms with Gasteiger partial charge in [0.1, 0.15) is 6.04 Å². The zero-order chi connectivity index (χ0) is 15.4. The van der Waals surface area contributed by atoms with Gasteiger partial charge in [-0.15, -0.1) is 0 Å². The third-order valence-corrected chi connectivity index (χ3v) is 4.26. The number of benzene rings is 1. The molecule has 2 rings (SSSR count). The average molecular weight is 289 g/mol. The Morgan fingerprint density at radius 2 is 2.10 bits per heavy atom. The summed E-state index contributed by atoms with van der Waals surface area (Å²) in [6.45, 7) is 10.5. The highest BCUT2D eigenvalue weighted by molar-refractivity contribution is 6.03. The molecule has 1 aliphatic rings. The van der Waals surface area contributed by atoms with E-state index in [2.05, 4.69) is 61.4 Å². The van der Waals surface area contributed by atoms with Crippen molar-refractivity contribution in [1.82, 2.24) is 5.32 Å². The fourth-order valence-electron chi connectivity index (χ4n) is 2.89. The minimum absolute atomic E-state index is 0.0576. The maximum absolute atomic E-state index is 12.1. The number of carbonyl (C=O) groups is 1. The molecule has 1 amide bonds. The Labute approximate surface area is 127 Å². The molecule has 4 nitrogen and oxygen atoms in total. The third-order valence-electron chi connectivity index (χ3n) is 4.26. The summed E-state index contributed by atoms with van der Waals surface area (Å²) in [7, 11) is 0. The number of hydrogen-bond donors (Lipinski definition) is 2. The molecular formula is C17H27N3O. The molecule has 1 heterocycles. The summed E-state index contributed by atoms with van der Waals surface area (Å²) in [4.78, 5) is 14.5. The highest BCUT2D eigenvalue weighted by atomic mass is 16.2. The van der Waals surface area contributed by atoms with Crippen molar-refractivity contribution in [3.63, 3.8) is 0 Å². The standard InChI is InChI=1S/C17H27N3O/c1-5-10-18-16-14-9-8-13(11-15(14)19-17(16)21)20(7-3)12(4)6-2/h8-9,11-12,16,18H,5-7,10H2,1-4H3,(H,19,21). The van der Waals surface area contributed by atoms with Crippen molar-refractivity contribution >= 4 is 17.3 Å². The molecule has 2 unspecified atom stereocenters. The fraction of sp³-hybridized carbons (Fsp3) is 0.588. The lowest BCUT2D eigenvalue weighted by atomic mass is 10.1.